The van der Waals surface area contributed by atoms with Crippen molar-refractivity contribution in [1.29, 1.82) is 0 Å². The van der Waals surface area contributed by atoms with Crippen LogP contribution in [0, 0.1) is 11.8 Å². The van der Waals surface area contributed by atoms with Gasteiger partial charge in [-0.25, -0.2) is 0 Å². The van der Waals surface area contributed by atoms with E-state index < -0.39 is 12.0 Å². The second-order valence-electron chi connectivity index (χ2n) is 5.14. The Labute approximate surface area is 98.6 Å². The summed E-state index contributed by atoms with van der Waals surface area (Å²) >= 11 is 0. The highest BCUT2D eigenvalue weighted by Crippen LogP contribution is 2.31. The Morgan fingerprint density at radius 3 is 2.38 bits per heavy atom. The molecule has 0 aromatic carbocycles. The Kier molecular flexibility index (Phi) is 5.81. The molecule has 2 N–H and O–H groups in total. The number of carboxylic acids is 1. The summed E-state index contributed by atoms with van der Waals surface area (Å²) in [7, 11) is 0. The van der Waals surface area contributed by atoms with E-state index >= 15 is 0 Å². The molecule has 94 valence electrons. The van der Waals surface area contributed by atoms with Crippen LogP contribution in [-0.4, -0.2) is 23.7 Å². The van der Waals surface area contributed by atoms with E-state index in [1.54, 1.807) is 6.92 Å². The summed E-state index contributed by atoms with van der Waals surface area (Å²) in [6.07, 6.45) is 7.87. The normalized spacial score (nSPS) is 27.6. The minimum absolute atomic E-state index is 0.409. The maximum absolute atomic E-state index is 10.6. The maximum atomic E-state index is 10.6. The van der Waals surface area contributed by atoms with Crippen LogP contribution in [0.1, 0.15) is 52.4 Å². The number of carboxylic acid groups (broad SMARTS) is 1. The van der Waals surface area contributed by atoms with Crippen molar-refractivity contribution in [3.8, 4) is 0 Å². The molecular weight excluding hydrogens is 202 g/mol. The fraction of sp³-hybridized carbons (Fsp3) is 0.923. The van der Waals surface area contributed by atoms with Gasteiger partial charge in [0.05, 0.1) is 0 Å². The van der Waals surface area contributed by atoms with Gasteiger partial charge in [-0.3, -0.25) is 4.79 Å². The molecule has 0 spiro atoms. The van der Waals surface area contributed by atoms with Gasteiger partial charge in [0.1, 0.15) is 6.04 Å². The molecular formula is C13H25NO2. The van der Waals surface area contributed by atoms with Crippen LogP contribution in [0.4, 0.5) is 0 Å². The van der Waals surface area contributed by atoms with Crippen molar-refractivity contribution >= 4 is 5.97 Å². The molecule has 1 aliphatic rings. The fourth-order valence-corrected chi connectivity index (χ4v) is 2.56. The van der Waals surface area contributed by atoms with Gasteiger partial charge in [-0.15, -0.1) is 0 Å². The maximum Gasteiger partial charge on any atom is 0.320 e. The van der Waals surface area contributed by atoms with Gasteiger partial charge in [0.25, 0.3) is 0 Å². The van der Waals surface area contributed by atoms with Crippen molar-refractivity contribution in [1.82, 2.24) is 5.32 Å². The van der Waals surface area contributed by atoms with E-state index in [9.17, 15) is 4.79 Å². The molecule has 0 aliphatic heterocycles. The van der Waals surface area contributed by atoms with Crippen LogP contribution in [0.2, 0.25) is 0 Å². The van der Waals surface area contributed by atoms with E-state index in [1.165, 1.54) is 38.5 Å². The van der Waals surface area contributed by atoms with Crippen molar-refractivity contribution in [2.24, 2.45) is 11.8 Å². The molecule has 0 radical (unpaired) electrons. The SMILES string of the molecule is CCCC1CCC(CN[C@H](C)C(=O)O)CC1. The van der Waals surface area contributed by atoms with Gasteiger partial charge in [-0.1, -0.05) is 32.6 Å². The molecule has 1 aliphatic carbocycles. The fourth-order valence-electron chi connectivity index (χ4n) is 2.56. The van der Waals surface area contributed by atoms with Crippen LogP contribution in [-0.2, 0) is 4.79 Å². The summed E-state index contributed by atoms with van der Waals surface area (Å²) < 4.78 is 0. The van der Waals surface area contributed by atoms with Crippen molar-refractivity contribution in [3.63, 3.8) is 0 Å². The third kappa shape index (κ3) is 4.52. The number of rotatable bonds is 6. The van der Waals surface area contributed by atoms with Crippen LogP contribution in [0.3, 0.4) is 0 Å². The van der Waals surface area contributed by atoms with Crippen LogP contribution < -0.4 is 5.32 Å². The van der Waals surface area contributed by atoms with E-state index in [0.717, 1.165) is 12.5 Å². The number of carbonyl (C=O) groups is 1. The second kappa shape index (κ2) is 6.89. The molecule has 1 atom stereocenters. The van der Waals surface area contributed by atoms with E-state index in [4.69, 9.17) is 5.11 Å². The first-order valence-corrected chi connectivity index (χ1v) is 6.59. The first-order chi connectivity index (χ1) is 7.63. The Bertz CT molecular complexity index is 210. The molecule has 0 aromatic rings. The average molecular weight is 227 g/mol. The molecule has 1 saturated carbocycles. The van der Waals surface area contributed by atoms with Crippen LogP contribution in [0.5, 0.6) is 0 Å². The molecule has 0 bridgehead atoms. The third-order valence-electron chi connectivity index (χ3n) is 3.75. The van der Waals surface area contributed by atoms with Gasteiger partial charge in [-0.05, 0) is 38.1 Å². The molecule has 0 saturated heterocycles. The standard InChI is InChI=1S/C13H25NO2/c1-3-4-11-5-7-12(8-6-11)9-14-10(2)13(15)16/h10-12,14H,3-9H2,1-2H3,(H,15,16)/t10-,11?,12?/m1/s1. The monoisotopic (exact) mass is 227 g/mol. The highest BCUT2D eigenvalue weighted by atomic mass is 16.4. The van der Waals surface area contributed by atoms with Crippen LogP contribution >= 0.6 is 0 Å². The average Bonchev–Trinajstić information content (AvgIpc) is 2.28. The van der Waals surface area contributed by atoms with Gasteiger partial charge in [-0.2, -0.15) is 0 Å². The predicted molar refractivity (Wildman–Crippen MR) is 65.5 cm³/mol. The Hall–Kier alpha value is -0.570. The highest BCUT2D eigenvalue weighted by Gasteiger charge is 2.21. The minimum Gasteiger partial charge on any atom is -0.480 e. The van der Waals surface area contributed by atoms with Gasteiger partial charge >= 0.3 is 5.97 Å². The third-order valence-corrected chi connectivity index (χ3v) is 3.75. The topological polar surface area (TPSA) is 49.3 Å². The molecule has 0 amide bonds. The van der Waals surface area contributed by atoms with Gasteiger partial charge < -0.3 is 10.4 Å². The Morgan fingerprint density at radius 2 is 1.88 bits per heavy atom. The molecule has 0 unspecified atom stereocenters. The van der Waals surface area contributed by atoms with Crippen LogP contribution in [0.15, 0.2) is 0 Å². The van der Waals surface area contributed by atoms with Crippen molar-refractivity contribution in [2.45, 2.75) is 58.4 Å². The van der Waals surface area contributed by atoms with Gasteiger partial charge in [0.2, 0.25) is 0 Å². The Morgan fingerprint density at radius 1 is 1.31 bits per heavy atom. The molecule has 1 fully saturated rings. The molecule has 3 heteroatoms. The predicted octanol–water partition coefficient (Wildman–Crippen LogP) is 2.66. The van der Waals surface area contributed by atoms with E-state index in [-0.39, 0.29) is 0 Å². The summed E-state index contributed by atoms with van der Waals surface area (Å²) in [4.78, 5) is 10.6. The zero-order chi connectivity index (χ0) is 12.0. The van der Waals surface area contributed by atoms with Crippen LogP contribution in [0.25, 0.3) is 0 Å². The largest absolute Gasteiger partial charge is 0.480 e. The van der Waals surface area contributed by atoms with E-state index in [0.29, 0.717) is 5.92 Å². The number of nitrogens with one attached hydrogen (secondary N) is 1. The summed E-state index contributed by atoms with van der Waals surface area (Å²) in [5.74, 6) is 0.868. The summed E-state index contributed by atoms with van der Waals surface area (Å²) in [6.45, 7) is 4.83. The number of aliphatic carboxylic acids is 1. The molecule has 3 nitrogen and oxygen atoms in total. The molecule has 0 aromatic heterocycles. The van der Waals surface area contributed by atoms with E-state index in [1.807, 2.05) is 0 Å². The smallest absolute Gasteiger partial charge is 0.320 e. The highest BCUT2D eigenvalue weighted by molar-refractivity contribution is 5.72. The number of hydrogen-bond donors (Lipinski definition) is 2. The first-order valence-electron chi connectivity index (χ1n) is 6.59. The lowest BCUT2D eigenvalue weighted by molar-refractivity contribution is -0.139. The van der Waals surface area contributed by atoms with Gasteiger partial charge in [0, 0.05) is 0 Å². The molecule has 0 heterocycles. The second-order valence-corrected chi connectivity index (χ2v) is 5.14. The van der Waals surface area contributed by atoms with Crippen molar-refractivity contribution in [3.05, 3.63) is 0 Å². The van der Waals surface area contributed by atoms with E-state index in [2.05, 4.69) is 12.2 Å². The molecule has 1 rings (SSSR count). The van der Waals surface area contributed by atoms with Crippen molar-refractivity contribution < 1.29 is 9.90 Å². The zero-order valence-electron chi connectivity index (χ0n) is 10.5. The van der Waals surface area contributed by atoms with Crippen molar-refractivity contribution in [2.75, 3.05) is 6.54 Å². The summed E-state index contributed by atoms with van der Waals surface area (Å²) in [5.41, 5.74) is 0. The van der Waals surface area contributed by atoms with Gasteiger partial charge in [0.15, 0.2) is 0 Å². The lowest BCUT2D eigenvalue weighted by atomic mass is 9.80. The summed E-state index contributed by atoms with van der Waals surface area (Å²) in [5, 5.41) is 11.9. The number of hydrogen-bond acceptors (Lipinski definition) is 2. The zero-order valence-corrected chi connectivity index (χ0v) is 10.5. The lowest BCUT2D eigenvalue weighted by Crippen LogP contribution is -2.37. The first kappa shape index (κ1) is 13.5. The quantitative estimate of drug-likeness (QED) is 0.733. The Balaban J connectivity index is 2.14. The lowest BCUT2D eigenvalue weighted by Gasteiger charge is -2.29. The minimum atomic E-state index is -0.750. The molecule has 16 heavy (non-hydrogen) atoms. The summed E-state index contributed by atoms with van der Waals surface area (Å²) in [6, 6.07) is -0.409.